The van der Waals surface area contributed by atoms with Crippen molar-refractivity contribution in [1.29, 1.82) is 0 Å². The molecular formula is C12H23N5. The lowest BCUT2D eigenvalue weighted by atomic mass is 10.1. The van der Waals surface area contributed by atoms with Gasteiger partial charge in [0.05, 0.1) is 6.04 Å². The molecule has 5 nitrogen and oxygen atoms in total. The molecule has 0 aromatic carbocycles. The molecule has 0 amide bonds. The summed E-state index contributed by atoms with van der Waals surface area (Å²) in [5.41, 5.74) is 9.64. The molecule has 1 aromatic rings. The lowest BCUT2D eigenvalue weighted by Gasteiger charge is -2.23. The van der Waals surface area contributed by atoms with Crippen LogP contribution >= 0.6 is 0 Å². The molecule has 5 N–H and O–H groups in total. The lowest BCUT2D eigenvalue weighted by molar-refractivity contribution is 0.282. The summed E-state index contributed by atoms with van der Waals surface area (Å²) in [4.78, 5) is 6.44. The molecule has 0 saturated carbocycles. The van der Waals surface area contributed by atoms with Crippen molar-refractivity contribution in [2.75, 3.05) is 25.4 Å². The summed E-state index contributed by atoms with van der Waals surface area (Å²) in [5, 5.41) is 0. The summed E-state index contributed by atoms with van der Waals surface area (Å²) in [6.45, 7) is 7.42. The molecule has 0 radical (unpaired) electrons. The van der Waals surface area contributed by atoms with Gasteiger partial charge in [-0.2, -0.15) is 0 Å². The van der Waals surface area contributed by atoms with Gasteiger partial charge in [0.25, 0.3) is 0 Å². The molecule has 0 aliphatic heterocycles. The number of aromatic nitrogens is 1. The van der Waals surface area contributed by atoms with E-state index in [1.54, 1.807) is 6.20 Å². The van der Waals surface area contributed by atoms with Gasteiger partial charge >= 0.3 is 0 Å². The van der Waals surface area contributed by atoms with Gasteiger partial charge < -0.3 is 10.6 Å². The van der Waals surface area contributed by atoms with E-state index in [0.717, 1.165) is 31.6 Å². The molecule has 0 saturated heterocycles. The summed E-state index contributed by atoms with van der Waals surface area (Å²) in [5.74, 6) is 6.14. The second-order valence-electron chi connectivity index (χ2n) is 4.01. The number of nitrogens with one attached hydrogen (secondary N) is 1. The van der Waals surface area contributed by atoms with Crippen molar-refractivity contribution in [2.45, 2.75) is 26.3 Å². The van der Waals surface area contributed by atoms with E-state index in [1.807, 2.05) is 12.1 Å². The first kappa shape index (κ1) is 13.9. The van der Waals surface area contributed by atoms with E-state index in [1.165, 1.54) is 0 Å². The SMILES string of the molecule is CCN(CC)CCC(NN)c1cccnc1N. The van der Waals surface area contributed by atoms with E-state index in [4.69, 9.17) is 11.6 Å². The third-order valence-corrected chi connectivity index (χ3v) is 3.08. The molecule has 1 atom stereocenters. The zero-order chi connectivity index (χ0) is 12.7. The third-order valence-electron chi connectivity index (χ3n) is 3.08. The average Bonchev–Trinajstić information content (AvgIpc) is 2.36. The van der Waals surface area contributed by atoms with Crippen LogP contribution in [-0.2, 0) is 0 Å². The van der Waals surface area contributed by atoms with Crippen LogP contribution < -0.4 is 17.0 Å². The normalized spacial score (nSPS) is 12.9. The Morgan fingerprint density at radius 1 is 1.41 bits per heavy atom. The molecule has 0 fully saturated rings. The average molecular weight is 237 g/mol. The van der Waals surface area contributed by atoms with Crippen LogP contribution in [0.3, 0.4) is 0 Å². The molecule has 0 aliphatic carbocycles. The Hall–Kier alpha value is -1.17. The molecule has 1 aromatic heterocycles. The quantitative estimate of drug-likeness (QED) is 0.485. The topological polar surface area (TPSA) is 80.2 Å². The smallest absolute Gasteiger partial charge is 0.128 e. The molecule has 1 unspecified atom stereocenters. The minimum atomic E-state index is 0.0595. The van der Waals surface area contributed by atoms with Gasteiger partial charge in [-0.05, 0) is 32.1 Å². The van der Waals surface area contributed by atoms with E-state index < -0.39 is 0 Å². The standard InChI is InChI=1S/C12H23N5/c1-3-17(4-2)9-7-11(16-14)10-6-5-8-15-12(10)13/h5-6,8,11,16H,3-4,7,9,14H2,1-2H3,(H2,13,15). The Bertz CT molecular complexity index is 324. The highest BCUT2D eigenvalue weighted by Crippen LogP contribution is 2.20. The second kappa shape index (κ2) is 7.21. The summed E-state index contributed by atoms with van der Waals surface area (Å²) in [7, 11) is 0. The maximum atomic E-state index is 5.85. The fraction of sp³-hybridized carbons (Fsp3) is 0.583. The number of hydrogen-bond acceptors (Lipinski definition) is 5. The largest absolute Gasteiger partial charge is 0.383 e. The Morgan fingerprint density at radius 3 is 2.65 bits per heavy atom. The first-order valence-corrected chi connectivity index (χ1v) is 6.11. The van der Waals surface area contributed by atoms with Crippen molar-refractivity contribution in [1.82, 2.24) is 15.3 Å². The molecule has 0 aliphatic rings. The molecular weight excluding hydrogens is 214 g/mol. The van der Waals surface area contributed by atoms with E-state index in [-0.39, 0.29) is 6.04 Å². The summed E-state index contributed by atoms with van der Waals surface area (Å²) < 4.78 is 0. The zero-order valence-electron chi connectivity index (χ0n) is 10.7. The predicted molar refractivity (Wildman–Crippen MR) is 71.1 cm³/mol. The molecule has 1 heterocycles. The highest BCUT2D eigenvalue weighted by molar-refractivity contribution is 5.40. The van der Waals surface area contributed by atoms with Crippen molar-refractivity contribution >= 4 is 5.82 Å². The van der Waals surface area contributed by atoms with Crippen molar-refractivity contribution in [3.8, 4) is 0 Å². The molecule has 5 heteroatoms. The van der Waals surface area contributed by atoms with E-state index in [0.29, 0.717) is 5.82 Å². The number of pyridine rings is 1. The lowest BCUT2D eigenvalue weighted by Crippen LogP contribution is -2.33. The Labute approximate surface area is 103 Å². The fourth-order valence-electron chi connectivity index (χ4n) is 1.90. The van der Waals surface area contributed by atoms with Gasteiger partial charge in [0.1, 0.15) is 5.82 Å². The molecule has 17 heavy (non-hydrogen) atoms. The summed E-state index contributed by atoms with van der Waals surface area (Å²) in [6.07, 6.45) is 2.62. The van der Waals surface area contributed by atoms with Crippen molar-refractivity contribution in [3.05, 3.63) is 23.9 Å². The monoisotopic (exact) mass is 237 g/mol. The first-order chi connectivity index (χ1) is 8.22. The highest BCUT2D eigenvalue weighted by atomic mass is 15.2. The predicted octanol–water partition coefficient (Wildman–Crippen LogP) is 0.900. The number of rotatable bonds is 7. The number of hydrogen-bond donors (Lipinski definition) is 3. The minimum Gasteiger partial charge on any atom is -0.383 e. The number of anilines is 1. The number of nitrogens with zero attached hydrogens (tertiary/aromatic N) is 2. The van der Waals surface area contributed by atoms with Crippen molar-refractivity contribution < 1.29 is 0 Å². The maximum absolute atomic E-state index is 5.85. The van der Waals surface area contributed by atoms with Crippen LogP contribution in [0.15, 0.2) is 18.3 Å². The second-order valence-corrected chi connectivity index (χ2v) is 4.01. The Kier molecular flexibility index (Phi) is 5.90. The van der Waals surface area contributed by atoms with E-state index >= 15 is 0 Å². The number of hydrazine groups is 1. The maximum Gasteiger partial charge on any atom is 0.128 e. The van der Waals surface area contributed by atoms with Gasteiger partial charge in [0.15, 0.2) is 0 Å². The van der Waals surface area contributed by atoms with Gasteiger partial charge in [0.2, 0.25) is 0 Å². The third kappa shape index (κ3) is 3.96. The van der Waals surface area contributed by atoms with Crippen LogP contribution in [0.25, 0.3) is 0 Å². The van der Waals surface area contributed by atoms with Crippen molar-refractivity contribution in [2.24, 2.45) is 5.84 Å². The van der Waals surface area contributed by atoms with Gasteiger partial charge in [-0.1, -0.05) is 19.9 Å². The summed E-state index contributed by atoms with van der Waals surface area (Å²) in [6, 6.07) is 3.91. The van der Waals surface area contributed by atoms with Crippen LogP contribution in [0.5, 0.6) is 0 Å². The first-order valence-electron chi connectivity index (χ1n) is 6.11. The van der Waals surface area contributed by atoms with Crippen LogP contribution in [0.4, 0.5) is 5.82 Å². The Morgan fingerprint density at radius 2 is 2.12 bits per heavy atom. The minimum absolute atomic E-state index is 0.0595. The fourth-order valence-corrected chi connectivity index (χ4v) is 1.90. The molecule has 0 spiro atoms. The number of nitrogens with two attached hydrogens (primary N) is 2. The van der Waals surface area contributed by atoms with E-state index in [9.17, 15) is 0 Å². The van der Waals surface area contributed by atoms with Gasteiger partial charge in [-0.15, -0.1) is 0 Å². The van der Waals surface area contributed by atoms with Crippen LogP contribution in [0.2, 0.25) is 0 Å². The molecule has 0 bridgehead atoms. The molecule has 96 valence electrons. The van der Waals surface area contributed by atoms with Gasteiger partial charge in [-0.25, -0.2) is 4.98 Å². The number of nitrogen functional groups attached to an aromatic ring is 1. The van der Waals surface area contributed by atoms with Crippen molar-refractivity contribution in [3.63, 3.8) is 0 Å². The Balaban J connectivity index is 2.63. The van der Waals surface area contributed by atoms with Gasteiger partial charge in [0, 0.05) is 11.8 Å². The van der Waals surface area contributed by atoms with Crippen LogP contribution in [0, 0.1) is 0 Å². The highest BCUT2D eigenvalue weighted by Gasteiger charge is 2.14. The van der Waals surface area contributed by atoms with Crippen LogP contribution in [0.1, 0.15) is 31.9 Å². The van der Waals surface area contributed by atoms with E-state index in [2.05, 4.69) is 29.2 Å². The zero-order valence-corrected chi connectivity index (χ0v) is 10.7. The summed E-state index contributed by atoms with van der Waals surface area (Å²) >= 11 is 0. The molecule has 1 rings (SSSR count). The van der Waals surface area contributed by atoms with Gasteiger partial charge in [-0.3, -0.25) is 11.3 Å². The van der Waals surface area contributed by atoms with Crippen LogP contribution in [-0.4, -0.2) is 29.5 Å².